The number of hydrogen-bond acceptors (Lipinski definition) is 3. The Morgan fingerprint density at radius 3 is 2.86 bits per heavy atom. The summed E-state index contributed by atoms with van der Waals surface area (Å²) < 4.78 is 17.8. The number of ether oxygens (including phenoxy) is 1. The highest BCUT2D eigenvalue weighted by molar-refractivity contribution is 8.00. The van der Waals surface area contributed by atoms with E-state index in [1.54, 1.807) is 17.8 Å². The lowest BCUT2D eigenvalue weighted by molar-refractivity contribution is 0.0455. The lowest BCUT2D eigenvalue weighted by Gasteiger charge is -2.25. The van der Waals surface area contributed by atoms with Gasteiger partial charge < -0.3 is 4.74 Å². The number of nitrogens with zero attached hydrogens (tertiary/aromatic N) is 1. The Morgan fingerprint density at radius 2 is 2.29 bits per heavy atom. The van der Waals surface area contributed by atoms with Crippen molar-refractivity contribution in [2.24, 2.45) is 0 Å². The summed E-state index contributed by atoms with van der Waals surface area (Å²) >= 11 is 1.58. The number of halogens is 1. The van der Waals surface area contributed by atoms with Gasteiger partial charge in [-0.05, 0) is 18.2 Å². The third-order valence-corrected chi connectivity index (χ3v) is 3.18. The molecule has 0 N–H and O–H groups in total. The first kappa shape index (κ1) is 9.50. The summed E-state index contributed by atoms with van der Waals surface area (Å²) in [5.41, 5.74) is 0.405. The molecule has 0 saturated carbocycles. The average molecular weight is 209 g/mol. The van der Waals surface area contributed by atoms with Crippen molar-refractivity contribution in [1.29, 1.82) is 5.26 Å². The molecule has 0 bridgehead atoms. The molecule has 0 spiro atoms. The second-order valence-corrected chi connectivity index (χ2v) is 4.37. The van der Waals surface area contributed by atoms with E-state index in [9.17, 15) is 4.39 Å². The van der Waals surface area contributed by atoms with E-state index < -0.39 is 0 Å². The van der Waals surface area contributed by atoms with Gasteiger partial charge in [0.2, 0.25) is 0 Å². The van der Waals surface area contributed by atoms with E-state index in [-0.39, 0.29) is 5.82 Å². The molecular formula is C10H8FNOS. The first-order chi connectivity index (χ1) is 6.79. The average Bonchev–Trinajstić information content (AvgIpc) is 2.13. The molecule has 0 radical (unpaired) electrons. The van der Waals surface area contributed by atoms with Gasteiger partial charge in [-0.3, -0.25) is 0 Å². The Bertz CT molecular complexity index is 384. The van der Waals surface area contributed by atoms with Crippen molar-refractivity contribution in [3.05, 3.63) is 29.6 Å². The van der Waals surface area contributed by atoms with Crippen LogP contribution in [0.5, 0.6) is 0 Å². The van der Waals surface area contributed by atoms with Crippen molar-refractivity contribution in [2.45, 2.75) is 10.1 Å². The summed E-state index contributed by atoms with van der Waals surface area (Å²) in [5.74, 6) is -0.365. The monoisotopic (exact) mass is 209 g/mol. The van der Waals surface area contributed by atoms with Crippen LogP contribution in [0.1, 0.15) is 5.56 Å². The Hall–Kier alpha value is -1.05. The third kappa shape index (κ3) is 1.89. The fourth-order valence-electron chi connectivity index (χ4n) is 1.15. The minimum atomic E-state index is -0.365. The van der Waals surface area contributed by atoms with Crippen molar-refractivity contribution in [2.75, 3.05) is 13.2 Å². The first-order valence-electron chi connectivity index (χ1n) is 4.23. The van der Waals surface area contributed by atoms with Gasteiger partial charge in [0.1, 0.15) is 11.9 Å². The van der Waals surface area contributed by atoms with Crippen LogP contribution < -0.4 is 0 Å². The summed E-state index contributed by atoms with van der Waals surface area (Å²) in [6.07, 6.45) is 0. The molecule has 4 heteroatoms. The molecule has 0 unspecified atom stereocenters. The normalized spacial score (nSPS) is 16.0. The zero-order valence-electron chi connectivity index (χ0n) is 7.37. The maximum atomic E-state index is 12.8. The summed E-state index contributed by atoms with van der Waals surface area (Å²) in [4.78, 5) is 0.835. The van der Waals surface area contributed by atoms with E-state index in [2.05, 4.69) is 0 Å². The Kier molecular flexibility index (Phi) is 2.71. The molecule has 14 heavy (non-hydrogen) atoms. The van der Waals surface area contributed by atoms with Gasteiger partial charge in [-0.25, -0.2) is 4.39 Å². The van der Waals surface area contributed by atoms with Crippen LogP contribution in [-0.2, 0) is 4.74 Å². The largest absolute Gasteiger partial charge is 0.379 e. The molecule has 1 aliphatic heterocycles. The molecule has 0 aliphatic carbocycles. The SMILES string of the molecule is N#Cc1cc(F)ccc1SC1COC1. The minimum Gasteiger partial charge on any atom is -0.379 e. The molecular weight excluding hydrogens is 201 g/mol. The van der Waals surface area contributed by atoms with E-state index >= 15 is 0 Å². The van der Waals surface area contributed by atoms with Crippen molar-refractivity contribution >= 4 is 11.8 Å². The Balaban J connectivity index is 2.19. The maximum Gasteiger partial charge on any atom is 0.124 e. The quantitative estimate of drug-likeness (QED) is 0.748. The van der Waals surface area contributed by atoms with E-state index in [0.717, 1.165) is 4.90 Å². The molecule has 1 aromatic carbocycles. The highest BCUT2D eigenvalue weighted by atomic mass is 32.2. The van der Waals surface area contributed by atoms with Gasteiger partial charge >= 0.3 is 0 Å². The predicted molar refractivity (Wildman–Crippen MR) is 51.6 cm³/mol. The minimum absolute atomic E-state index is 0.365. The highest BCUT2D eigenvalue weighted by Gasteiger charge is 2.20. The van der Waals surface area contributed by atoms with Gasteiger partial charge in [0.15, 0.2) is 0 Å². The van der Waals surface area contributed by atoms with Crippen molar-refractivity contribution < 1.29 is 9.13 Å². The number of thioether (sulfide) groups is 1. The van der Waals surface area contributed by atoms with Crippen LogP contribution in [0, 0.1) is 17.1 Å². The Labute approximate surface area is 85.7 Å². The number of hydrogen-bond donors (Lipinski definition) is 0. The van der Waals surface area contributed by atoms with Gasteiger partial charge in [0.25, 0.3) is 0 Å². The van der Waals surface area contributed by atoms with Crippen molar-refractivity contribution in [3.63, 3.8) is 0 Å². The standard InChI is InChI=1S/C10H8FNOS/c11-8-1-2-10(7(3-8)4-12)14-9-5-13-6-9/h1-3,9H,5-6H2. The van der Waals surface area contributed by atoms with Gasteiger partial charge in [0, 0.05) is 4.90 Å². The topological polar surface area (TPSA) is 33.0 Å². The first-order valence-corrected chi connectivity index (χ1v) is 5.11. The van der Waals surface area contributed by atoms with E-state index in [1.165, 1.54) is 12.1 Å². The maximum absolute atomic E-state index is 12.8. The summed E-state index contributed by atoms with van der Waals surface area (Å²) in [6, 6.07) is 6.28. The van der Waals surface area contributed by atoms with Gasteiger partial charge in [-0.1, -0.05) is 0 Å². The number of rotatable bonds is 2. The van der Waals surface area contributed by atoms with E-state index in [0.29, 0.717) is 24.0 Å². The number of benzene rings is 1. The summed E-state index contributed by atoms with van der Waals surface area (Å²) in [7, 11) is 0. The summed E-state index contributed by atoms with van der Waals surface area (Å²) in [6.45, 7) is 1.43. The molecule has 0 atom stereocenters. The van der Waals surface area contributed by atoms with Gasteiger partial charge in [-0.15, -0.1) is 11.8 Å². The summed E-state index contributed by atoms with van der Waals surface area (Å²) in [5, 5.41) is 9.20. The van der Waals surface area contributed by atoms with Crippen LogP contribution in [0.15, 0.2) is 23.1 Å². The smallest absolute Gasteiger partial charge is 0.124 e. The second-order valence-electron chi connectivity index (χ2n) is 3.03. The molecule has 1 fully saturated rings. The van der Waals surface area contributed by atoms with Crippen LogP contribution in [0.4, 0.5) is 4.39 Å². The second kappa shape index (κ2) is 3.99. The fraction of sp³-hybridized carbons (Fsp3) is 0.300. The zero-order chi connectivity index (χ0) is 9.97. The highest BCUT2D eigenvalue weighted by Crippen LogP contribution is 2.30. The van der Waals surface area contributed by atoms with Crippen LogP contribution in [0.2, 0.25) is 0 Å². The third-order valence-electron chi connectivity index (χ3n) is 1.96. The molecule has 0 amide bonds. The fourth-order valence-corrected chi connectivity index (χ4v) is 2.22. The van der Waals surface area contributed by atoms with Crippen LogP contribution in [0.25, 0.3) is 0 Å². The Morgan fingerprint density at radius 1 is 1.50 bits per heavy atom. The lowest BCUT2D eigenvalue weighted by atomic mass is 10.2. The molecule has 1 aliphatic rings. The predicted octanol–water partition coefficient (Wildman–Crippen LogP) is 2.19. The van der Waals surface area contributed by atoms with Crippen molar-refractivity contribution in [3.8, 4) is 6.07 Å². The van der Waals surface area contributed by atoms with Crippen LogP contribution in [-0.4, -0.2) is 18.5 Å². The molecule has 1 aromatic rings. The zero-order valence-corrected chi connectivity index (χ0v) is 8.18. The number of nitriles is 1. The van der Waals surface area contributed by atoms with Crippen molar-refractivity contribution in [1.82, 2.24) is 0 Å². The molecule has 2 rings (SSSR count). The lowest BCUT2D eigenvalue weighted by Crippen LogP contribution is -2.30. The molecule has 72 valence electrons. The van der Waals surface area contributed by atoms with E-state index in [1.807, 2.05) is 6.07 Å². The van der Waals surface area contributed by atoms with Crippen LogP contribution >= 0.6 is 11.8 Å². The molecule has 0 aromatic heterocycles. The van der Waals surface area contributed by atoms with Gasteiger partial charge in [0.05, 0.1) is 24.0 Å². The molecule has 1 heterocycles. The van der Waals surface area contributed by atoms with Crippen LogP contribution in [0.3, 0.4) is 0 Å². The van der Waals surface area contributed by atoms with Gasteiger partial charge in [-0.2, -0.15) is 5.26 Å². The molecule has 2 nitrogen and oxygen atoms in total. The molecule has 1 saturated heterocycles. The van der Waals surface area contributed by atoms with E-state index in [4.69, 9.17) is 10.00 Å².